The lowest BCUT2D eigenvalue weighted by molar-refractivity contribution is -0.144. The summed E-state index contributed by atoms with van der Waals surface area (Å²) in [5.74, 6) is -2.01. The molecule has 26 heavy (non-hydrogen) atoms. The number of para-hydroxylation sites is 1. The molecule has 0 aliphatic heterocycles. The molecule has 2 N–H and O–H groups in total. The Balaban J connectivity index is 2.29. The van der Waals surface area contributed by atoms with Gasteiger partial charge in [0.05, 0.1) is 12.6 Å². The second kappa shape index (κ2) is 8.46. The van der Waals surface area contributed by atoms with E-state index in [1.165, 1.54) is 7.11 Å². The Labute approximate surface area is 151 Å². The van der Waals surface area contributed by atoms with Crippen LogP contribution in [0.2, 0.25) is 0 Å². The van der Waals surface area contributed by atoms with Crippen LogP contribution in [0.1, 0.15) is 37.2 Å². The summed E-state index contributed by atoms with van der Waals surface area (Å²) in [5, 5.41) is 16.5. The molecule has 8 heteroatoms. The first-order chi connectivity index (χ1) is 12.3. The fourth-order valence-corrected chi connectivity index (χ4v) is 2.68. The molecule has 0 aliphatic carbocycles. The molecule has 1 atom stereocenters. The van der Waals surface area contributed by atoms with Crippen LogP contribution in [0, 0.1) is 5.92 Å². The number of nitrogens with one attached hydrogen (secondary N) is 1. The van der Waals surface area contributed by atoms with E-state index in [1.807, 2.05) is 26.0 Å². The molecule has 1 unspecified atom stereocenters. The molecule has 1 aromatic heterocycles. The Kier molecular flexibility index (Phi) is 6.32. The minimum absolute atomic E-state index is 0.0213. The van der Waals surface area contributed by atoms with Gasteiger partial charge in [0, 0.05) is 18.4 Å². The summed E-state index contributed by atoms with van der Waals surface area (Å²) < 4.78 is 6.36. The molecule has 0 saturated heterocycles. The van der Waals surface area contributed by atoms with Crippen LogP contribution in [0.3, 0.4) is 0 Å². The lowest BCUT2D eigenvalue weighted by Gasteiger charge is -2.19. The van der Waals surface area contributed by atoms with E-state index in [9.17, 15) is 14.4 Å². The smallest absolute Gasteiger partial charge is 0.328 e. The van der Waals surface area contributed by atoms with Crippen LogP contribution < -0.4 is 5.32 Å². The molecule has 1 amide bonds. The number of fused-ring (bicyclic) bond motifs is 1. The first-order valence-corrected chi connectivity index (χ1v) is 8.41. The van der Waals surface area contributed by atoms with Crippen LogP contribution in [0.15, 0.2) is 24.3 Å². The van der Waals surface area contributed by atoms with Crippen LogP contribution in [0.5, 0.6) is 0 Å². The number of benzene rings is 1. The fraction of sp³-hybridized carbons (Fsp3) is 0.444. The van der Waals surface area contributed by atoms with Crippen molar-refractivity contribution >= 4 is 28.7 Å². The number of methoxy groups -OCH3 is 1. The summed E-state index contributed by atoms with van der Waals surface area (Å²) in [7, 11) is 1.27. The summed E-state index contributed by atoms with van der Waals surface area (Å²) in [6, 6.07) is 6.43. The highest BCUT2D eigenvalue weighted by atomic mass is 16.5. The molecule has 140 valence electrons. The van der Waals surface area contributed by atoms with Crippen molar-refractivity contribution in [3.05, 3.63) is 30.0 Å². The molecule has 0 aliphatic rings. The van der Waals surface area contributed by atoms with E-state index in [0.717, 1.165) is 5.52 Å². The molecular formula is C18H23N3O5. The topological polar surface area (TPSA) is 111 Å². The highest BCUT2D eigenvalue weighted by molar-refractivity contribution is 6.06. The highest BCUT2D eigenvalue weighted by Crippen LogP contribution is 2.19. The van der Waals surface area contributed by atoms with Crippen LogP contribution >= 0.6 is 0 Å². The van der Waals surface area contributed by atoms with Crippen molar-refractivity contribution in [2.75, 3.05) is 7.11 Å². The minimum Gasteiger partial charge on any atom is -0.481 e. The number of aromatic nitrogens is 2. The Morgan fingerprint density at radius 2 is 1.96 bits per heavy atom. The van der Waals surface area contributed by atoms with Gasteiger partial charge in [-0.2, -0.15) is 5.10 Å². The third kappa shape index (κ3) is 4.38. The zero-order valence-corrected chi connectivity index (χ0v) is 15.1. The number of aryl methyl sites for hydroxylation is 1. The summed E-state index contributed by atoms with van der Waals surface area (Å²) >= 11 is 0. The van der Waals surface area contributed by atoms with Gasteiger partial charge in [0.1, 0.15) is 6.04 Å². The zero-order valence-electron chi connectivity index (χ0n) is 15.1. The lowest BCUT2D eigenvalue weighted by Crippen LogP contribution is -2.45. The average Bonchev–Trinajstić information content (AvgIpc) is 2.97. The van der Waals surface area contributed by atoms with Crippen molar-refractivity contribution in [3.8, 4) is 0 Å². The largest absolute Gasteiger partial charge is 0.481 e. The first-order valence-electron chi connectivity index (χ1n) is 8.41. The Morgan fingerprint density at radius 3 is 2.58 bits per heavy atom. The van der Waals surface area contributed by atoms with E-state index in [-0.39, 0.29) is 18.0 Å². The second-order valence-electron chi connectivity index (χ2n) is 6.30. The van der Waals surface area contributed by atoms with Crippen molar-refractivity contribution < 1.29 is 24.2 Å². The quantitative estimate of drug-likeness (QED) is 0.694. The predicted molar refractivity (Wildman–Crippen MR) is 94.7 cm³/mol. The Bertz CT molecular complexity index is 812. The maximum absolute atomic E-state index is 12.7. The molecule has 0 radical (unpaired) electrons. The fourth-order valence-electron chi connectivity index (χ4n) is 2.68. The lowest BCUT2D eigenvalue weighted by atomic mass is 10.0. The van der Waals surface area contributed by atoms with Gasteiger partial charge in [-0.3, -0.25) is 14.3 Å². The molecule has 0 bridgehead atoms. The van der Waals surface area contributed by atoms with Crippen molar-refractivity contribution in [2.24, 2.45) is 5.92 Å². The van der Waals surface area contributed by atoms with Gasteiger partial charge in [0.15, 0.2) is 5.69 Å². The number of carboxylic acids is 1. The number of amides is 1. The van der Waals surface area contributed by atoms with Crippen molar-refractivity contribution in [1.82, 2.24) is 15.1 Å². The van der Waals surface area contributed by atoms with Crippen molar-refractivity contribution in [1.29, 1.82) is 0 Å². The van der Waals surface area contributed by atoms with Gasteiger partial charge in [-0.05, 0) is 18.4 Å². The summed E-state index contributed by atoms with van der Waals surface area (Å²) in [6.45, 7) is 4.00. The third-order valence-corrected chi connectivity index (χ3v) is 4.04. The van der Waals surface area contributed by atoms with Crippen LogP contribution in [0.4, 0.5) is 0 Å². The second-order valence-corrected chi connectivity index (χ2v) is 6.30. The Hall–Kier alpha value is -2.90. The number of aliphatic carboxylic acids is 1. The van der Waals surface area contributed by atoms with Crippen LogP contribution in [-0.2, 0) is 20.9 Å². The number of esters is 1. The maximum Gasteiger partial charge on any atom is 0.328 e. The van der Waals surface area contributed by atoms with E-state index in [0.29, 0.717) is 18.4 Å². The monoisotopic (exact) mass is 361 g/mol. The van der Waals surface area contributed by atoms with E-state index in [2.05, 4.69) is 10.4 Å². The van der Waals surface area contributed by atoms with Gasteiger partial charge < -0.3 is 15.2 Å². The van der Waals surface area contributed by atoms with Crippen molar-refractivity contribution in [3.63, 3.8) is 0 Å². The molecule has 0 saturated carbocycles. The maximum atomic E-state index is 12.7. The molecule has 1 aromatic carbocycles. The van der Waals surface area contributed by atoms with Gasteiger partial charge in [-0.25, -0.2) is 4.79 Å². The van der Waals surface area contributed by atoms with E-state index in [4.69, 9.17) is 9.84 Å². The van der Waals surface area contributed by atoms with Gasteiger partial charge >= 0.3 is 11.9 Å². The number of hydrogen-bond acceptors (Lipinski definition) is 5. The van der Waals surface area contributed by atoms with Gasteiger partial charge in [0.2, 0.25) is 0 Å². The zero-order chi connectivity index (χ0) is 19.3. The van der Waals surface area contributed by atoms with Crippen LogP contribution in [-0.4, -0.2) is 45.9 Å². The number of nitrogens with zero attached hydrogens (tertiary/aromatic N) is 2. The summed E-state index contributed by atoms with van der Waals surface area (Å²) in [6.07, 6.45) is 0.423. The van der Waals surface area contributed by atoms with Gasteiger partial charge in [0.25, 0.3) is 5.91 Å². The number of carbonyl (C=O) groups is 3. The van der Waals surface area contributed by atoms with E-state index in [1.54, 1.807) is 16.8 Å². The summed E-state index contributed by atoms with van der Waals surface area (Å²) in [4.78, 5) is 35.3. The normalized spacial score (nSPS) is 12.2. The van der Waals surface area contributed by atoms with E-state index < -0.39 is 23.9 Å². The number of rotatable bonds is 8. The molecule has 0 spiro atoms. The Morgan fingerprint density at radius 1 is 1.27 bits per heavy atom. The molecule has 2 rings (SSSR count). The number of carbonyl (C=O) groups excluding carboxylic acids is 2. The van der Waals surface area contributed by atoms with Crippen LogP contribution in [0.25, 0.3) is 10.9 Å². The average molecular weight is 361 g/mol. The molecule has 0 fully saturated rings. The molecule has 2 aromatic rings. The molecular weight excluding hydrogens is 338 g/mol. The minimum atomic E-state index is -0.878. The molecule has 8 nitrogen and oxygen atoms in total. The number of ether oxygens (including phenoxy) is 1. The predicted octanol–water partition coefficient (Wildman–Crippen LogP) is 1.83. The summed E-state index contributed by atoms with van der Waals surface area (Å²) in [5.41, 5.74) is 0.938. The molecule has 1 heterocycles. The number of hydrogen-bond donors (Lipinski definition) is 2. The SMILES string of the molecule is COC(=O)C(NC(=O)c1nn(CCCC(=O)O)c2ccccc12)C(C)C. The highest BCUT2D eigenvalue weighted by Gasteiger charge is 2.27. The first kappa shape index (κ1) is 19.4. The van der Waals surface area contributed by atoms with Gasteiger partial charge in [-0.1, -0.05) is 32.0 Å². The van der Waals surface area contributed by atoms with Gasteiger partial charge in [-0.15, -0.1) is 0 Å². The standard InChI is InChI=1S/C18H23N3O5/c1-11(2)15(18(25)26-3)19-17(24)16-12-7-4-5-8-13(12)21(20-16)10-6-9-14(22)23/h4-5,7-8,11,15H,6,9-10H2,1-3H3,(H,19,24)(H,22,23). The third-order valence-electron chi connectivity index (χ3n) is 4.04. The number of carboxylic acid groups (broad SMARTS) is 1. The van der Waals surface area contributed by atoms with Crippen molar-refractivity contribution in [2.45, 2.75) is 39.3 Å². The van der Waals surface area contributed by atoms with E-state index >= 15 is 0 Å².